The van der Waals surface area contributed by atoms with Crippen molar-refractivity contribution in [1.82, 2.24) is 5.32 Å². The van der Waals surface area contributed by atoms with Crippen LogP contribution in [0.3, 0.4) is 0 Å². The third kappa shape index (κ3) is 1.65. The summed E-state index contributed by atoms with van der Waals surface area (Å²) in [6.45, 7) is 4.71. The Bertz CT molecular complexity index is 276. The molecule has 13 heavy (non-hydrogen) atoms. The second kappa shape index (κ2) is 3.10. The van der Waals surface area contributed by atoms with Gasteiger partial charge in [0.2, 0.25) is 0 Å². The lowest BCUT2D eigenvalue weighted by Gasteiger charge is -2.16. The largest absolute Gasteiger partial charge is 0.313 e. The van der Waals surface area contributed by atoms with Crippen molar-refractivity contribution >= 4 is 11.3 Å². The molecule has 1 aliphatic rings. The van der Waals surface area contributed by atoms with Gasteiger partial charge >= 0.3 is 0 Å². The Labute approximate surface area is 84.2 Å². The van der Waals surface area contributed by atoms with Crippen LogP contribution in [0.2, 0.25) is 0 Å². The van der Waals surface area contributed by atoms with Crippen molar-refractivity contribution in [1.29, 1.82) is 0 Å². The van der Waals surface area contributed by atoms with E-state index in [0.29, 0.717) is 11.5 Å². The van der Waals surface area contributed by atoms with E-state index in [2.05, 4.69) is 43.0 Å². The summed E-state index contributed by atoms with van der Waals surface area (Å²) in [4.78, 5) is 0. The van der Waals surface area contributed by atoms with Crippen LogP contribution < -0.4 is 5.32 Å². The predicted molar refractivity (Wildman–Crippen MR) is 58.0 cm³/mol. The Morgan fingerprint density at radius 3 is 2.69 bits per heavy atom. The Hall–Kier alpha value is -0.340. The summed E-state index contributed by atoms with van der Waals surface area (Å²) in [6.07, 6.45) is 1.36. The molecule has 0 radical (unpaired) electrons. The van der Waals surface area contributed by atoms with Gasteiger partial charge in [-0.3, -0.25) is 0 Å². The Kier molecular flexibility index (Phi) is 2.20. The molecule has 1 heterocycles. The molecular formula is C11H17NS. The molecule has 2 rings (SSSR count). The van der Waals surface area contributed by atoms with Crippen LogP contribution in [0.5, 0.6) is 0 Å². The number of nitrogens with one attached hydrogen (secondary N) is 1. The van der Waals surface area contributed by atoms with Crippen LogP contribution in [-0.4, -0.2) is 7.05 Å². The van der Waals surface area contributed by atoms with Crippen LogP contribution in [0.25, 0.3) is 0 Å². The molecule has 2 atom stereocenters. The van der Waals surface area contributed by atoms with Crippen molar-refractivity contribution in [2.75, 3.05) is 7.05 Å². The van der Waals surface area contributed by atoms with Gasteiger partial charge in [0.05, 0.1) is 0 Å². The molecule has 1 aliphatic carbocycles. The maximum atomic E-state index is 3.43. The van der Waals surface area contributed by atoms with Crippen LogP contribution >= 0.6 is 11.3 Å². The molecule has 1 N–H and O–H groups in total. The Morgan fingerprint density at radius 2 is 2.31 bits per heavy atom. The first-order chi connectivity index (χ1) is 6.15. The SMILES string of the molecule is CNC(c1ccsc1)C1CC1(C)C. The zero-order valence-electron chi connectivity index (χ0n) is 8.50. The van der Waals surface area contributed by atoms with Gasteiger partial charge in [-0.25, -0.2) is 0 Å². The molecule has 1 saturated carbocycles. The summed E-state index contributed by atoms with van der Waals surface area (Å²) >= 11 is 1.79. The van der Waals surface area contributed by atoms with Gasteiger partial charge in [-0.05, 0) is 47.2 Å². The van der Waals surface area contributed by atoms with E-state index < -0.39 is 0 Å². The molecule has 2 heteroatoms. The summed E-state index contributed by atoms with van der Waals surface area (Å²) in [7, 11) is 2.07. The maximum Gasteiger partial charge on any atom is 0.0359 e. The molecule has 2 unspecified atom stereocenters. The number of thiophene rings is 1. The fraction of sp³-hybridized carbons (Fsp3) is 0.636. The monoisotopic (exact) mass is 195 g/mol. The second-order valence-corrected chi connectivity index (χ2v) is 5.40. The van der Waals surface area contributed by atoms with Gasteiger partial charge in [0.15, 0.2) is 0 Å². The first kappa shape index (κ1) is 9.22. The van der Waals surface area contributed by atoms with Crippen molar-refractivity contribution in [3.63, 3.8) is 0 Å². The van der Waals surface area contributed by atoms with Gasteiger partial charge in [-0.1, -0.05) is 13.8 Å². The Morgan fingerprint density at radius 1 is 1.62 bits per heavy atom. The highest BCUT2D eigenvalue weighted by Crippen LogP contribution is 2.57. The molecule has 72 valence electrons. The fourth-order valence-corrected chi connectivity index (χ4v) is 2.83. The first-order valence-corrected chi connectivity index (χ1v) is 5.79. The molecule has 1 fully saturated rings. The zero-order valence-corrected chi connectivity index (χ0v) is 9.32. The summed E-state index contributed by atoms with van der Waals surface area (Å²) in [5, 5.41) is 7.85. The minimum absolute atomic E-state index is 0.551. The summed E-state index contributed by atoms with van der Waals surface area (Å²) in [5.74, 6) is 0.826. The molecular weight excluding hydrogens is 178 g/mol. The lowest BCUT2D eigenvalue weighted by molar-refractivity contribution is 0.442. The minimum Gasteiger partial charge on any atom is -0.313 e. The van der Waals surface area contributed by atoms with Crippen molar-refractivity contribution in [3.8, 4) is 0 Å². The van der Waals surface area contributed by atoms with Gasteiger partial charge < -0.3 is 5.32 Å². The van der Waals surface area contributed by atoms with Crippen molar-refractivity contribution in [3.05, 3.63) is 22.4 Å². The molecule has 0 spiro atoms. The molecule has 0 aliphatic heterocycles. The third-order valence-electron chi connectivity index (χ3n) is 3.21. The highest BCUT2D eigenvalue weighted by atomic mass is 32.1. The van der Waals surface area contributed by atoms with Crippen molar-refractivity contribution < 1.29 is 0 Å². The van der Waals surface area contributed by atoms with Gasteiger partial charge in [-0.2, -0.15) is 11.3 Å². The van der Waals surface area contributed by atoms with E-state index in [4.69, 9.17) is 0 Å². The van der Waals surface area contributed by atoms with Crippen LogP contribution in [0, 0.1) is 11.3 Å². The minimum atomic E-state index is 0.551. The van der Waals surface area contributed by atoms with Gasteiger partial charge in [0.1, 0.15) is 0 Å². The molecule has 0 saturated heterocycles. The average molecular weight is 195 g/mol. The van der Waals surface area contributed by atoms with Crippen molar-refractivity contribution in [2.24, 2.45) is 11.3 Å². The van der Waals surface area contributed by atoms with E-state index in [1.807, 2.05) is 0 Å². The normalized spacial score (nSPS) is 27.2. The molecule has 1 aromatic rings. The lowest BCUT2D eigenvalue weighted by atomic mass is 9.99. The zero-order chi connectivity index (χ0) is 9.47. The lowest BCUT2D eigenvalue weighted by Crippen LogP contribution is -2.19. The summed E-state index contributed by atoms with van der Waals surface area (Å²) in [5.41, 5.74) is 2.01. The Balaban J connectivity index is 2.12. The fourth-order valence-electron chi connectivity index (χ4n) is 2.13. The third-order valence-corrected chi connectivity index (χ3v) is 3.91. The van der Waals surface area contributed by atoms with Crippen LogP contribution in [0.15, 0.2) is 16.8 Å². The number of hydrogen-bond acceptors (Lipinski definition) is 2. The van der Waals surface area contributed by atoms with E-state index >= 15 is 0 Å². The van der Waals surface area contributed by atoms with E-state index in [1.54, 1.807) is 11.3 Å². The average Bonchev–Trinajstić information content (AvgIpc) is 2.55. The molecule has 1 nitrogen and oxygen atoms in total. The quantitative estimate of drug-likeness (QED) is 0.781. The number of rotatable bonds is 3. The van der Waals surface area contributed by atoms with Gasteiger partial charge in [0, 0.05) is 6.04 Å². The first-order valence-electron chi connectivity index (χ1n) is 4.84. The summed E-state index contributed by atoms with van der Waals surface area (Å²) < 4.78 is 0. The van der Waals surface area contributed by atoms with Gasteiger partial charge in [0.25, 0.3) is 0 Å². The topological polar surface area (TPSA) is 12.0 Å². The van der Waals surface area contributed by atoms with Crippen LogP contribution in [0.4, 0.5) is 0 Å². The second-order valence-electron chi connectivity index (χ2n) is 4.62. The smallest absolute Gasteiger partial charge is 0.0359 e. The summed E-state index contributed by atoms with van der Waals surface area (Å²) in [6, 6.07) is 2.81. The number of hydrogen-bond donors (Lipinski definition) is 1. The highest BCUT2D eigenvalue weighted by molar-refractivity contribution is 7.07. The van der Waals surface area contributed by atoms with E-state index in [0.717, 1.165) is 5.92 Å². The molecule has 0 amide bonds. The molecule has 0 aromatic carbocycles. The van der Waals surface area contributed by atoms with E-state index in [9.17, 15) is 0 Å². The predicted octanol–water partition coefficient (Wildman–Crippen LogP) is 3.05. The highest BCUT2D eigenvalue weighted by Gasteiger charge is 2.50. The van der Waals surface area contributed by atoms with E-state index in [-0.39, 0.29) is 0 Å². The molecule has 1 aromatic heterocycles. The maximum absolute atomic E-state index is 3.43. The van der Waals surface area contributed by atoms with E-state index in [1.165, 1.54) is 12.0 Å². The standard InChI is InChI=1S/C11H17NS/c1-11(2)6-9(11)10(12-3)8-4-5-13-7-8/h4-5,7,9-10,12H,6H2,1-3H3. The van der Waals surface area contributed by atoms with Crippen molar-refractivity contribution in [2.45, 2.75) is 26.3 Å². The molecule has 0 bridgehead atoms. The van der Waals surface area contributed by atoms with Crippen LogP contribution in [0.1, 0.15) is 31.9 Å². The van der Waals surface area contributed by atoms with Crippen LogP contribution in [-0.2, 0) is 0 Å². The van der Waals surface area contributed by atoms with Gasteiger partial charge in [-0.15, -0.1) is 0 Å².